The molecule has 0 atom stereocenters. The molecule has 0 saturated carbocycles. The molecule has 1 rings (SSSR count). The molecule has 0 aliphatic carbocycles. The molecule has 0 unspecified atom stereocenters. The van der Waals surface area contributed by atoms with Crippen LogP contribution in [0.3, 0.4) is 0 Å². The maximum absolute atomic E-state index is 10.7. The van der Waals surface area contributed by atoms with E-state index < -0.39 is 0 Å². The van der Waals surface area contributed by atoms with Crippen LogP contribution in [0.4, 0.5) is 5.95 Å². The summed E-state index contributed by atoms with van der Waals surface area (Å²) in [7, 11) is 1.60. The summed E-state index contributed by atoms with van der Waals surface area (Å²) >= 11 is 0. The van der Waals surface area contributed by atoms with Crippen LogP contribution >= 0.6 is 0 Å². The summed E-state index contributed by atoms with van der Waals surface area (Å²) in [5.41, 5.74) is -0.273. The molecule has 2 N–H and O–H groups in total. The fraction of sp³-hybridized carbons (Fsp3) is 0.500. The van der Waals surface area contributed by atoms with E-state index in [0.29, 0.717) is 19.1 Å². The van der Waals surface area contributed by atoms with E-state index in [1.54, 1.807) is 7.11 Å². The molecule has 0 aliphatic rings. The lowest BCUT2D eigenvalue weighted by molar-refractivity contribution is 0.210. The molecular formula is C6H10N4O2. The number of ether oxygens (including phenoxy) is 1. The van der Waals surface area contributed by atoms with Crippen LogP contribution in [0.2, 0.25) is 0 Å². The van der Waals surface area contributed by atoms with Crippen molar-refractivity contribution in [3.05, 3.63) is 16.6 Å². The van der Waals surface area contributed by atoms with Crippen molar-refractivity contribution in [3.63, 3.8) is 0 Å². The minimum Gasteiger partial charge on any atom is -0.383 e. The third kappa shape index (κ3) is 2.67. The van der Waals surface area contributed by atoms with Crippen molar-refractivity contribution in [2.24, 2.45) is 0 Å². The predicted octanol–water partition coefficient (Wildman–Crippen LogP) is -0.777. The van der Waals surface area contributed by atoms with Crippen molar-refractivity contribution in [2.75, 3.05) is 25.6 Å². The number of methoxy groups -OCH3 is 1. The van der Waals surface area contributed by atoms with Gasteiger partial charge in [-0.1, -0.05) is 0 Å². The average Bonchev–Trinajstić information content (AvgIpc) is 2.05. The summed E-state index contributed by atoms with van der Waals surface area (Å²) < 4.78 is 4.79. The molecule has 0 radical (unpaired) electrons. The average molecular weight is 170 g/mol. The van der Waals surface area contributed by atoms with Crippen LogP contribution < -0.4 is 10.9 Å². The molecular weight excluding hydrogens is 160 g/mol. The van der Waals surface area contributed by atoms with Crippen LogP contribution in [-0.4, -0.2) is 35.4 Å². The zero-order valence-corrected chi connectivity index (χ0v) is 6.70. The first-order valence-electron chi connectivity index (χ1n) is 3.48. The lowest BCUT2D eigenvalue weighted by Gasteiger charge is -2.01. The van der Waals surface area contributed by atoms with E-state index in [1.165, 1.54) is 0 Å². The Morgan fingerprint density at radius 3 is 3.25 bits per heavy atom. The molecule has 66 valence electrons. The van der Waals surface area contributed by atoms with Crippen molar-refractivity contribution in [1.82, 2.24) is 15.2 Å². The number of hydrogen-bond acceptors (Lipinski definition) is 5. The molecule has 12 heavy (non-hydrogen) atoms. The Bertz CT molecular complexity index is 285. The number of aromatic amines is 1. The minimum absolute atomic E-state index is 0.273. The Morgan fingerprint density at radius 1 is 1.75 bits per heavy atom. The highest BCUT2D eigenvalue weighted by atomic mass is 16.5. The van der Waals surface area contributed by atoms with E-state index in [0.717, 1.165) is 6.20 Å². The second-order valence-electron chi connectivity index (χ2n) is 2.10. The van der Waals surface area contributed by atoms with E-state index in [2.05, 4.69) is 20.5 Å². The van der Waals surface area contributed by atoms with Gasteiger partial charge in [0.1, 0.15) is 6.20 Å². The maximum Gasteiger partial charge on any atom is 0.271 e. The lowest BCUT2D eigenvalue weighted by atomic mass is 10.7. The summed E-state index contributed by atoms with van der Waals surface area (Å²) in [6.45, 7) is 1.14. The molecule has 0 bridgehead atoms. The molecule has 0 spiro atoms. The van der Waals surface area contributed by atoms with Crippen LogP contribution in [0, 0.1) is 0 Å². The Morgan fingerprint density at radius 2 is 2.58 bits per heavy atom. The van der Waals surface area contributed by atoms with Crippen molar-refractivity contribution < 1.29 is 4.74 Å². The van der Waals surface area contributed by atoms with Gasteiger partial charge in [0.2, 0.25) is 5.95 Å². The predicted molar refractivity (Wildman–Crippen MR) is 43.0 cm³/mol. The Kier molecular flexibility index (Phi) is 3.21. The number of aromatic nitrogens is 3. The molecule has 0 amide bonds. The topological polar surface area (TPSA) is 79.9 Å². The highest BCUT2D eigenvalue weighted by molar-refractivity contribution is 5.19. The van der Waals surface area contributed by atoms with E-state index >= 15 is 0 Å². The van der Waals surface area contributed by atoms with Crippen molar-refractivity contribution >= 4 is 5.95 Å². The first-order valence-corrected chi connectivity index (χ1v) is 3.48. The van der Waals surface area contributed by atoms with Gasteiger partial charge in [-0.3, -0.25) is 9.78 Å². The van der Waals surface area contributed by atoms with Crippen LogP contribution in [-0.2, 0) is 4.74 Å². The van der Waals surface area contributed by atoms with Gasteiger partial charge < -0.3 is 10.1 Å². The molecule has 6 nitrogen and oxygen atoms in total. The molecule has 1 heterocycles. The highest BCUT2D eigenvalue weighted by Gasteiger charge is 1.92. The Hall–Kier alpha value is -1.43. The fourth-order valence-corrected chi connectivity index (χ4v) is 0.664. The minimum atomic E-state index is -0.273. The standard InChI is InChI=1S/C6H10N4O2/c1-12-3-2-7-6-9-5(11)4-8-10-6/h4H,2-3H2,1H3,(H2,7,9,10,11). The Labute approximate surface area is 69.0 Å². The number of hydrogen-bond donors (Lipinski definition) is 2. The zero-order valence-electron chi connectivity index (χ0n) is 6.70. The van der Waals surface area contributed by atoms with Crippen molar-refractivity contribution in [2.45, 2.75) is 0 Å². The highest BCUT2D eigenvalue weighted by Crippen LogP contribution is 1.86. The normalized spacial score (nSPS) is 9.75. The Balaban J connectivity index is 2.47. The molecule has 0 aliphatic heterocycles. The summed E-state index contributed by atoms with van der Waals surface area (Å²) in [4.78, 5) is 13.2. The van der Waals surface area contributed by atoms with Crippen LogP contribution in [0.25, 0.3) is 0 Å². The molecule has 6 heteroatoms. The third-order valence-corrected chi connectivity index (χ3v) is 1.17. The van der Waals surface area contributed by atoms with Gasteiger partial charge in [0.05, 0.1) is 6.61 Å². The van der Waals surface area contributed by atoms with Gasteiger partial charge in [-0.05, 0) is 0 Å². The quantitative estimate of drug-likeness (QED) is 0.579. The molecule has 0 aromatic carbocycles. The summed E-state index contributed by atoms with van der Waals surface area (Å²) in [5.74, 6) is 0.361. The molecule has 0 fully saturated rings. The number of H-pyrrole nitrogens is 1. The van der Waals surface area contributed by atoms with Gasteiger partial charge in [-0.25, -0.2) is 0 Å². The summed E-state index contributed by atoms with van der Waals surface area (Å²) in [6.07, 6.45) is 1.11. The van der Waals surface area contributed by atoms with Gasteiger partial charge in [0, 0.05) is 13.7 Å². The molecule has 1 aromatic heterocycles. The summed E-state index contributed by atoms with van der Waals surface area (Å²) in [6, 6.07) is 0. The monoisotopic (exact) mass is 170 g/mol. The summed E-state index contributed by atoms with van der Waals surface area (Å²) in [5, 5.41) is 9.94. The SMILES string of the molecule is COCCNc1nncc(=O)[nH]1. The first-order chi connectivity index (χ1) is 5.83. The number of nitrogens with zero attached hydrogens (tertiary/aromatic N) is 2. The molecule has 1 aromatic rings. The van der Waals surface area contributed by atoms with Crippen molar-refractivity contribution in [1.29, 1.82) is 0 Å². The van der Waals surface area contributed by atoms with Crippen molar-refractivity contribution in [3.8, 4) is 0 Å². The number of nitrogens with one attached hydrogen (secondary N) is 2. The van der Waals surface area contributed by atoms with E-state index in [9.17, 15) is 4.79 Å². The van der Waals surface area contributed by atoms with E-state index in [4.69, 9.17) is 4.74 Å². The lowest BCUT2D eigenvalue weighted by Crippen LogP contribution is -2.15. The van der Waals surface area contributed by atoms with Gasteiger partial charge in [0.25, 0.3) is 5.56 Å². The number of rotatable bonds is 4. The van der Waals surface area contributed by atoms with E-state index in [1.807, 2.05) is 0 Å². The van der Waals surface area contributed by atoms with Crippen LogP contribution in [0.5, 0.6) is 0 Å². The maximum atomic E-state index is 10.7. The van der Waals surface area contributed by atoms with Gasteiger partial charge in [0.15, 0.2) is 0 Å². The smallest absolute Gasteiger partial charge is 0.271 e. The first kappa shape index (κ1) is 8.66. The van der Waals surface area contributed by atoms with Crippen LogP contribution in [0.15, 0.2) is 11.0 Å². The number of anilines is 1. The van der Waals surface area contributed by atoms with Gasteiger partial charge in [-0.15, -0.1) is 10.2 Å². The van der Waals surface area contributed by atoms with Crippen LogP contribution in [0.1, 0.15) is 0 Å². The van der Waals surface area contributed by atoms with Gasteiger partial charge in [-0.2, -0.15) is 0 Å². The second kappa shape index (κ2) is 4.45. The largest absolute Gasteiger partial charge is 0.383 e. The fourth-order valence-electron chi connectivity index (χ4n) is 0.664. The van der Waals surface area contributed by atoms with E-state index in [-0.39, 0.29) is 5.56 Å². The molecule has 0 saturated heterocycles. The third-order valence-electron chi connectivity index (χ3n) is 1.17. The zero-order chi connectivity index (χ0) is 8.81. The van der Waals surface area contributed by atoms with Gasteiger partial charge >= 0.3 is 0 Å². The second-order valence-corrected chi connectivity index (χ2v) is 2.10.